The molecular formula is C12H19NO11. The Morgan fingerprint density at radius 1 is 1.38 bits per heavy atom. The quantitative estimate of drug-likeness (QED) is 0.189. The van der Waals surface area contributed by atoms with Gasteiger partial charge in [0.2, 0.25) is 5.91 Å². The molecule has 0 aliphatic carbocycles. The first kappa shape index (κ1) is 20.2. The van der Waals surface area contributed by atoms with E-state index < -0.39 is 67.3 Å². The smallest absolute Gasteiger partial charge is 0.449 e. The van der Waals surface area contributed by atoms with Gasteiger partial charge in [-0.1, -0.05) is 0 Å². The SMILES string of the molecule is CC(=O)N[C@H]1[C@H]([C@H](O)[C@H](O)CO)O[C@](O)(C(=O)OC(=O)O)C[C@@H]1O. The fourth-order valence-electron chi connectivity index (χ4n) is 2.29. The summed E-state index contributed by atoms with van der Waals surface area (Å²) < 4.78 is 8.71. The molecule has 138 valence electrons. The molecular weight excluding hydrogens is 334 g/mol. The number of carbonyl (C=O) groups excluding carboxylic acids is 2. The van der Waals surface area contributed by atoms with Gasteiger partial charge in [0, 0.05) is 13.3 Å². The van der Waals surface area contributed by atoms with Crippen molar-refractivity contribution in [1.82, 2.24) is 5.32 Å². The summed E-state index contributed by atoms with van der Waals surface area (Å²) in [5.74, 6) is -5.38. The van der Waals surface area contributed by atoms with E-state index in [1.54, 1.807) is 0 Å². The maximum absolute atomic E-state index is 11.6. The molecule has 1 heterocycles. The summed E-state index contributed by atoms with van der Waals surface area (Å²) in [5, 5.41) is 59.1. The Balaban J connectivity index is 3.11. The lowest BCUT2D eigenvalue weighted by atomic mass is 9.88. The van der Waals surface area contributed by atoms with Crippen LogP contribution in [0.5, 0.6) is 0 Å². The average molecular weight is 353 g/mol. The van der Waals surface area contributed by atoms with Gasteiger partial charge in [-0.15, -0.1) is 0 Å². The molecule has 12 heteroatoms. The molecule has 1 fully saturated rings. The predicted octanol–water partition coefficient (Wildman–Crippen LogP) is -3.74. The van der Waals surface area contributed by atoms with Crippen LogP contribution in [0.2, 0.25) is 0 Å². The number of carboxylic acid groups (broad SMARTS) is 1. The Morgan fingerprint density at radius 2 is 1.96 bits per heavy atom. The molecule has 0 aromatic carbocycles. The molecule has 7 N–H and O–H groups in total. The van der Waals surface area contributed by atoms with Crippen molar-refractivity contribution in [1.29, 1.82) is 0 Å². The molecule has 0 saturated carbocycles. The molecule has 0 aromatic heterocycles. The zero-order valence-electron chi connectivity index (χ0n) is 12.5. The molecule has 6 atom stereocenters. The molecule has 1 saturated heterocycles. The van der Waals surface area contributed by atoms with Crippen molar-refractivity contribution in [2.75, 3.05) is 6.61 Å². The van der Waals surface area contributed by atoms with E-state index in [-0.39, 0.29) is 0 Å². The number of nitrogens with one attached hydrogen (secondary N) is 1. The van der Waals surface area contributed by atoms with Gasteiger partial charge in [0.25, 0.3) is 5.79 Å². The van der Waals surface area contributed by atoms with E-state index >= 15 is 0 Å². The molecule has 0 spiro atoms. The van der Waals surface area contributed by atoms with Crippen molar-refractivity contribution in [3.63, 3.8) is 0 Å². The summed E-state index contributed by atoms with van der Waals surface area (Å²) in [6.07, 6.45) is -10.1. The lowest BCUT2D eigenvalue weighted by molar-refractivity contribution is -0.295. The van der Waals surface area contributed by atoms with Crippen LogP contribution < -0.4 is 5.32 Å². The Hall–Kier alpha value is -1.83. The molecule has 0 aromatic rings. The maximum Gasteiger partial charge on any atom is 0.513 e. The van der Waals surface area contributed by atoms with Gasteiger partial charge in [-0.3, -0.25) is 4.79 Å². The fourth-order valence-corrected chi connectivity index (χ4v) is 2.29. The van der Waals surface area contributed by atoms with Crippen LogP contribution >= 0.6 is 0 Å². The number of amides is 1. The fraction of sp³-hybridized carbons (Fsp3) is 0.750. The number of hydrogen-bond acceptors (Lipinski definition) is 10. The van der Waals surface area contributed by atoms with Gasteiger partial charge in [0.05, 0.1) is 18.8 Å². The van der Waals surface area contributed by atoms with Crippen molar-refractivity contribution in [2.45, 2.75) is 49.6 Å². The number of rotatable bonds is 5. The minimum atomic E-state index is -2.95. The monoisotopic (exact) mass is 353 g/mol. The van der Waals surface area contributed by atoms with Gasteiger partial charge < -0.3 is 45.4 Å². The number of ether oxygens (including phenoxy) is 2. The topological polar surface area (TPSA) is 203 Å². The molecule has 24 heavy (non-hydrogen) atoms. The standard InChI is InChI=1S/C12H19NO11/c1-4(15)13-7-5(16)2-12(22,10(19)23-11(20)21)24-9(7)8(18)6(17)3-14/h5-9,14,16-18,22H,2-3H2,1H3,(H,13,15)(H,20,21)/t5-,6+,7+,8+,9+,12-/m0/s1. The summed E-state index contributed by atoms with van der Waals surface area (Å²) in [6.45, 7) is 0.153. The highest BCUT2D eigenvalue weighted by molar-refractivity contribution is 5.86. The first-order chi connectivity index (χ1) is 11.0. The van der Waals surface area contributed by atoms with Crippen LogP contribution in [-0.4, -0.2) is 91.5 Å². The van der Waals surface area contributed by atoms with Crippen LogP contribution in [-0.2, 0) is 19.1 Å². The van der Waals surface area contributed by atoms with E-state index in [9.17, 15) is 34.8 Å². The zero-order chi connectivity index (χ0) is 18.7. The maximum atomic E-state index is 11.6. The molecule has 12 nitrogen and oxygen atoms in total. The Bertz CT molecular complexity index is 497. The Labute approximate surface area is 135 Å². The Kier molecular flexibility index (Phi) is 6.59. The van der Waals surface area contributed by atoms with Gasteiger partial charge in [0.15, 0.2) is 0 Å². The van der Waals surface area contributed by atoms with E-state index in [0.717, 1.165) is 6.92 Å². The van der Waals surface area contributed by atoms with Crippen LogP contribution in [0.25, 0.3) is 0 Å². The normalized spacial score (nSPS) is 32.5. The minimum absolute atomic E-state index is 0.656. The third-order valence-electron chi connectivity index (χ3n) is 3.37. The third kappa shape index (κ3) is 4.59. The summed E-state index contributed by atoms with van der Waals surface area (Å²) in [4.78, 5) is 33.2. The predicted molar refractivity (Wildman–Crippen MR) is 71.3 cm³/mol. The largest absolute Gasteiger partial charge is 0.513 e. The average Bonchev–Trinajstić information content (AvgIpc) is 2.47. The van der Waals surface area contributed by atoms with E-state index in [4.69, 9.17) is 14.9 Å². The van der Waals surface area contributed by atoms with Crippen LogP contribution in [0, 0.1) is 0 Å². The molecule has 1 amide bonds. The number of carbonyl (C=O) groups is 3. The molecule has 1 rings (SSSR count). The van der Waals surface area contributed by atoms with Crippen LogP contribution in [0.3, 0.4) is 0 Å². The van der Waals surface area contributed by atoms with Gasteiger partial charge in [0.1, 0.15) is 18.3 Å². The molecule has 0 unspecified atom stereocenters. The second-order valence-electron chi connectivity index (χ2n) is 5.26. The second kappa shape index (κ2) is 7.83. The number of aliphatic hydroxyl groups excluding tert-OH is 4. The van der Waals surface area contributed by atoms with Gasteiger partial charge >= 0.3 is 12.1 Å². The van der Waals surface area contributed by atoms with Crippen molar-refractivity contribution in [3.8, 4) is 0 Å². The number of esters is 1. The van der Waals surface area contributed by atoms with E-state index in [0.29, 0.717) is 0 Å². The summed E-state index contributed by atoms with van der Waals surface area (Å²) in [5.41, 5.74) is 0. The minimum Gasteiger partial charge on any atom is -0.449 e. The van der Waals surface area contributed by atoms with Gasteiger partial charge in [-0.25, -0.2) is 9.59 Å². The van der Waals surface area contributed by atoms with Crippen LogP contribution in [0.15, 0.2) is 0 Å². The summed E-state index contributed by atoms with van der Waals surface area (Å²) in [6, 6.07) is -1.36. The zero-order valence-corrected chi connectivity index (χ0v) is 12.5. The van der Waals surface area contributed by atoms with Gasteiger partial charge in [-0.05, 0) is 0 Å². The third-order valence-corrected chi connectivity index (χ3v) is 3.37. The highest BCUT2D eigenvalue weighted by Gasteiger charge is 2.55. The highest BCUT2D eigenvalue weighted by Crippen LogP contribution is 2.31. The van der Waals surface area contributed by atoms with Crippen molar-refractivity contribution >= 4 is 18.0 Å². The molecule has 0 radical (unpaired) electrons. The van der Waals surface area contributed by atoms with Crippen molar-refractivity contribution in [3.05, 3.63) is 0 Å². The van der Waals surface area contributed by atoms with E-state index in [1.807, 2.05) is 0 Å². The molecule has 1 aliphatic heterocycles. The lowest BCUT2D eigenvalue weighted by Crippen LogP contribution is -2.67. The number of aliphatic hydroxyl groups is 5. The summed E-state index contributed by atoms with van der Waals surface area (Å²) in [7, 11) is 0. The second-order valence-corrected chi connectivity index (χ2v) is 5.26. The van der Waals surface area contributed by atoms with Crippen LogP contribution in [0.4, 0.5) is 4.79 Å². The molecule has 1 aliphatic rings. The van der Waals surface area contributed by atoms with Crippen LogP contribution in [0.1, 0.15) is 13.3 Å². The van der Waals surface area contributed by atoms with E-state index in [1.165, 1.54) is 0 Å². The van der Waals surface area contributed by atoms with Crippen molar-refractivity contribution < 1.29 is 54.5 Å². The van der Waals surface area contributed by atoms with Crippen molar-refractivity contribution in [2.24, 2.45) is 0 Å². The number of hydrogen-bond donors (Lipinski definition) is 7. The first-order valence-corrected chi connectivity index (χ1v) is 6.79. The summed E-state index contributed by atoms with van der Waals surface area (Å²) >= 11 is 0. The molecule has 0 bridgehead atoms. The first-order valence-electron chi connectivity index (χ1n) is 6.79. The highest BCUT2D eigenvalue weighted by atomic mass is 16.7. The lowest BCUT2D eigenvalue weighted by Gasteiger charge is -2.44. The Morgan fingerprint density at radius 3 is 2.42 bits per heavy atom. The van der Waals surface area contributed by atoms with E-state index in [2.05, 4.69) is 10.1 Å². The van der Waals surface area contributed by atoms with Gasteiger partial charge in [-0.2, -0.15) is 0 Å².